The number of carbonyl (C=O) groups is 1. The van der Waals surface area contributed by atoms with Gasteiger partial charge in [0.05, 0.1) is 0 Å². The zero-order chi connectivity index (χ0) is 18.6. The van der Waals surface area contributed by atoms with E-state index in [1.54, 1.807) is 0 Å². The Labute approximate surface area is 157 Å². The van der Waals surface area contributed by atoms with Crippen molar-refractivity contribution in [2.45, 2.75) is 39.7 Å². The predicted molar refractivity (Wildman–Crippen MR) is 103 cm³/mol. The van der Waals surface area contributed by atoms with Crippen LogP contribution >= 0.6 is 0 Å². The number of amides is 1. The smallest absolute Gasteiger partial charge is 0.223 e. The summed E-state index contributed by atoms with van der Waals surface area (Å²) in [6.07, 6.45) is 2.98. The summed E-state index contributed by atoms with van der Waals surface area (Å²) in [6.45, 7) is 9.19. The molecule has 0 saturated carbocycles. The molecule has 140 valence electrons. The second-order valence-electron chi connectivity index (χ2n) is 8.28. The molecule has 2 fully saturated rings. The summed E-state index contributed by atoms with van der Waals surface area (Å²) < 4.78 is 0. The van der Waals surface area contributed by atoms with Gasteiger partial charge in [-0.2, -0.15) is 0 Å². The van der Waals surface area contributed by atoms with Crippen LogP contribution < -0.4 is 0 Å². The number of hydrogen-bond donors (Lipinski definition) is 1. The Bertz CT molecular complexity index is 676. The van der Waals surface area contributed by atoms with E-state index in [4.69, 9.17) is 5.11 Å². The van der Waals surface area contributed by atoms with Gasteiger partial charge >= 0.3 is 0 Å². The molecular formula is C22H30N2O2. The van der Waals surface area contributed by atoms with Crippen LogP contribution in [-0.4, -0.2) is 53.6 Å². The zero-order valence-corrected chi connectivity index (χ0v) is 16.0. The summed E-state index contributed by atoms with van der Waals surface area (Å²) in [5.41, 5.74) is 2.45. The summed E-state index contributed by atoms with van der Waals surface area (Å²) in [4.78, 5) is 16.9. The van der Waals surface area contributed by atoms with E-state index in [-0.39, 0.29) is 12.0 Å². The van der Waals surface area contributed by atoms with Crippen molar-refractivity contribution >= 4 is 5.91 Å². The molecule has 2 aliphatic rings. The molecule has 0 atom stereocenters. The highest BCUT2D eigenvalue weighted by atomic mass is 16.2. The minimum absolute atomic E-state index is 0.103. The third kappa shape index (κ3) is 4.66. The minimum Gasteiger partial charge on any atom is -0.384 e. The summed E-state index contributed by atoms with van der Waals surface area (Å²) in [7, 11) is 0. The molecule has 2 saturated heterocycles. The van der Waals surface area contributed by atoms with E-state index < -0.39 is 0 Å². The average molecular weight is 354 g/mol. The van der Waals surface area contributed by atoms with Crippen LogP contribution in [-0.2, 0) is 11.3 Å². The Morgan fingerprint density at radius 2 is 1.88 bits per heavy atom. The van der Waals surface area contributed by atoms with Crippen LogP contribution in [0.4, 0.5) is 0 Å². The van der Waals surface area contributed by atoms with Gasteiger partial charge < -0.3 is 10.0 Å². The number of rotatable bonds is 4. The SMILES string of the molecule is CC(C)CN1CC2(CCN(Cc3ccc(C#CCO)cc3)CC2)CC1=O. The number of piperidine rings is 1. The van der Waals surface area contributed by atoms with Gasteiger partial charge in [-0.15, -0.1) is 0 Å². The fourth-order valence-corrected chi connectivity index (χ4v) is 4.20. The molecule has 1 aromatic rings. The number of likely N-dealkylation sites (tertiary alicyclic amines) is 2. The number of aliphatic hydroxyl groups excluding tert-OH is 1. The van der Waals surface area contributed by atoms with Crippen molar-refractivity contribution in [3.05, 3.63) is 35.4 Å². The van der Waals surface area contributed by atoms with E-state index >= 15 is 0 Å². The molecule has 0 aromatic heterocycles. The number of nitrogens with zero attached hydrogens (tertiary/aromatic N) is 2. The van der Waals surface area contributed by atoms with Crippen LogP contribution in [0.5, 0.6) is 0 Å². The molecular weight excluding hydrogens is 324 g/mol. The quantitative estimate of drug-likeness (QED) is 0.845. The predicted octanol–water partition coefficient (Wildman–Crippen LogP) is 2.50. The van der Waals surface area contributed by atoms with Gasteiger partial charge in [-0.3, -0.25) is 9.69 Å². The van der Waals surface area contributed by atoms with E-state index in [1.165, 1.54) is 5.56 Å². The molecule has 1 N–H and O–H groups in total. The van der Waals surface area contributed by atoms with E-state index in [0.717, 1.165) is 57.5 Å². The van der Waals surface area contributed by atoms with Gasteiger partial charge in [0.25, 0.3) is 0 Å². The topological polar surface area (TPSA) is 43.8 Å². The molecule has 4 nitrogen and oxygen atoms in total. The molecule has 0 radical (unpaired) electrons. The second-order valence-corrected chi connectivity index (χ2v) is 8.28. The molecule has 0 unspecified atom stereocenters. The van der Waals surface area contributed by atoms with Crippen LogP contribution in [0.3, 0.4) is 0 Å². The van der Waals surface area contributed by atoms with Crippen molar-refractivity contribution in [1.29, 1.82) is 0 Å². The summed E-state index contributed by atoms with van der Waals surface area (Å²) in [6, 6.07) is 8.27. The summed E-state index contributed by atoms with van der Waals surface area (Å²) >= 11 is 0. The normalized spacial score (nSPS) is 19.8. The fraction of sp³-hybridized carbons (Fsp3) is 0.591. The van der Waals surface area contributed by atoms with Crippen molar-refractivity contribution in [2.24, 2.45) is 11.3 Å². The first-order valence-electron chi connectivity index (χ1n) is 9.68. The monoisotopic (exact) mass is 354 g/mol. The highest BCUT2D eigenvalue weighted by Crippen LogP contribution is 2.41. The maximum atomic E-state index is 12.3. The summed E-state index contributed by atoms with van der Waals surface area (Å²) in [5, 5.41) is 8.76. The zero-order valence-electron chi connectivity index (χ0n) is 16.0. The molecule has 1 spiro atoms. The molecule has 1 aromatic carbocycles. The maximum Gasteiger partial charge on any atom is 0.223 e. The molecule has 2 heterocycles. The Kier molecular flexibility index (Phi) is 6.01. The highest BCUT2D eigenvalue weighted by molar-refractivity contribution is 5.79. The first-order chi connectivity index (χ1) is 12.5. The number of hydrogen-bond acceptors (Lipinski definition) is 3. The van der Waals surface area contributed by atoms with Gasteiger partial charge in [0.15, 0.2) is 0 Å². The standard InChI is InChI=1S/C22H30N2O2/c1-18(2)15-24-17-22(14-21(24)26)9-11-23(12-10-22)16-20-7-5-19(6-8-20)4-3-13-25/h5-8,18,25H,9-17H2,1-2H3. The maximum absolute atomic E-state index is 12.3. The lowest BCUT2D eigenvalue weighted by atomic mass is 9.77. The highest BCUT2D eigenvalue weighted by Gasteiger charge is 2.44. The van der Waals surface area contributed by atoms with Crippen molar-refractivity contribution in [3.63, 3.8) is 0 Å². The molecule has 3 rings (SSSR count). The summed E-state index contributed by atoms with van der Waals surface area (Å²) in [5.74, 6) is 6.50. The van der Waals surface area contributed by atoms with Crippen LogP contribution in [0.1, 0.15) is 44.2 Å². The van der Waals surface area contributed by atoms with Crippen molar-refractivity contribution in [1.82, 2.24) is 9.80 Å². The van der Waals surface area contributed by atoms with E-state index in [1.807, 2.05) is 12.1 Å². The Morgan fingerprint density at radius 1 is 1.19 bits per heavy atom. The van der Waals surface area contributed by atoms with Gasteiger partial charge in [-0.25, -0.2) is 0 Å². The second kappa shape index (κ2) is 8.24. The van der Waals surface area contributed by atoms with E-state index in [9.17, 15) is 4.79 Å². The third-order valence-corrected chi connectivity index (χ3v) is 5.58. The molecule has 26 heavy (non-hydrogen) atoms. The molecule has 0 aliphatic carbocycles. The van der Waals surface area contributed by atoms with Crippen molar-refractivity contribution < 1.29 is 9.90 Å². The van der Waals surface area contributed by atoms with Crippen LogP contribution in [0.25, 0.3) is 0 Å². The Balaban J connectivity index is 1.52. The lowest BCUT2D eigenvalue weighted by Crippen LogP contribution is -2.41. The van der Waals surface area contributed by atoms with Gasteiger partial charge in [-0.1, -0.05) is 37.8 Å². The lowest BCUT2D eigenvalue weighted by molar-refractivity contribution is -0.128. The first-order valence-corrected chi connectivity index (χ1v) is 9.68. The van der Waals surface area contributed by atoms with Gasteiger partial charge in [0.2, 0.25) is 5.91 Å². The van der Waals surface area contributed by atoms with Crippen LogP contribution in [0, 0.1) is 23.2 Å². The van der Waals surface area contributed by atoms with Gasteiger partial charge in [0, 0.05) is 31.6 Å². The van der Waals surface area contributed by atoms with Gasteiger partial charge in [0.1, 0.15) is 6.61 Å². The average Bonchev–Trinajstić information content (AvgIpc) is 2.91. The molecule has 4 heteroatoms. The number of carbonyl (C=O) groups excluding carboxylic acids is 1. The lowest BCUT2D eigenvalue weighted by Gasteiger charge is -2.39. The van der Waals surface area contributed by atoms with Gasteiger partial charge in [-0.05, 0) is 55.0 Å². The largest absolute Gasteiger partial charge is 0.384 e. The first kappa shape index (κ1) is 18.9. The Hall–Kier alpha value is -1.83. The van der Waals surface area contributed by atoms with E-state index in [2.05, 4.69) is 47.6 Å². The molecule has 2 aliphatic heterocycles. The Morgan fingerprint density at radius 3 is 2.50 bits per heavy atom. The molecule has 1 amide bonds. The number of aliphatic hydroxyl groups is 1. The third-order valence-electron chi connectivity index (χ3n) is 5.58. The van der Waals surface area contributed by atoms with Crippen molar-refractivity contribution in [3.8, 4) is 11.8 Å². The van der Waals surface area contributed by atoms with Crippen LogP contribution in [0.15, 0.2) is 24.3 Å². The number of benzene rings is 1. The molecule has 0 bridgehead atoms. The fourth-order valence-electron chi connectivity index (χ4n) is 4.20. The van der Waals surface area contributed by atoms with Crippen LogP contribution in [0.2, 0.25) is 0 Å². The van der Waals surface area contributed by atoms with Crippen molar-refractivity contribution in [2.75, 3.05) is 32.8 Å². The minimum atomic E-state index is -0.103. The van der Waals surface area contributed by atoms with E-state index in [0.29, 0.717) is 11.8 Å².